The van der Waals surface area contributed by atoms with Crippen LogP contribution in [0, 0.1) is 5.82 Å². The van der Waals surface area contributed by atoms with E-state index in [4.69, 9.17) is 22.2 Å². The van der Waals surface area contributed by atoms with Gasteiger partial charge in [-0.1, -0.05) is 29.8 Å². The molecule has 0 fully saturated rings. The Labute approximate surface area is 128 Å². The number of ether oxygens (including phenoxy) is 1. The largest absolute Gasteiger partial charge is 0.497 e. The van der Waals surface area contributed by atoms with Crippen LogP contribution in [0.3, 0.4) is 0 Å². The zero-order chi connectivity index (χ0) is 15.2. The summed E-state index contributed by atoms with van der Waals surface area (Å²) in [5.74, 6) is 5.97. The van der Waals surface area contributed by atoms with Gasteiger partial charge in [0.1, 0.15) is 11.6 Å². The van der Waals surface area contributed by atoms with Gasteiger partial charge in [-0.15, -0.1) is 0 Å². The Morgan fingerprint density at radius 1 is 1.24 bits per heavy atom. The first-order valence-corrected chi connectivity index (χ1v) is 7.06. The van der Waals surface area contributed by atoms with E-state index in [0.29, 0.717) is 0 Å². The number of benzene rings is 2. The first-order chi connectivity index (χ1) is 10.1. The van der Waals surface area contributed by atoms with Gasteiger partial charge < -0.3 is 4.74 Å². The Bertz CT molecular complexity index is 589. The molecule has 0 saturated carbocycles. The zero-order valence-electron chi connectivity index (χ0n) is 11.8. The molecular formula is C16H18ClFN2O. The van der Waals surface area contributed by atoms with Crippen molar-refractivity contribution in [3.8, 4) is 5.75 Å². The van der Waals surface area contributed by atoms with Crippen LogP contribution in [0.4, 0.5) is 4.39 Å². The van der Waals surface area contributed by atoms with Crippen LogP contribution >= 0.6 is 11.6 Å². The molecule has 0 heterocycles. The van der Waals surface area contributed by atoms with E-state index in [1.165, 1.54) is 11.6 Å². The monoisotopic (exact) mass is 308 g/mol. The van der Waals surface area contributed by atoms with E-state index in [9.17, 15) is 4.39 Å². The predicted molar refractivity (Wildman–Crippen MR) is 82.8 cm³/mol. The van der Waals surface area contributed by atoms with E-state index in [-0.39, 0.29) is 11.1 Å². The van der Waals surface area contributed by atoms with E-state index in [2.05, 4.69) is 5.43 Å². The van der Waals surface area contributed by atoms with E-state index >= 15 is 0 Å². The Morgan fingerprint density at radius 3 is 2.52 bits per heavy atom. The number of hydrogen-bond acceptors (Lipinski definition) is 3. The van der Waals surface area contributed by atoms with Crippen LogP contribution in [-0.4, -0.2) is 7.11 Å². The molecule has 3 nitrogen and oxygen atoms in total. The maximum atomic E-state index is 13.5. The van der Waals surface area contributed by atoms with Crippen LogP contribution in [0.1, 0.15) is 23.6 Å². The summed E-state index contributed by atoms with van der Waals surface area (Å²) in [6, 6.07) is 12.5. The number of rotatable bonds is 6. The molecule has 21 heavy (non-hydrogen) atoms. The van der Waals surface area contributed by atoms with E-state index in [1.807, 2.05) is 24.3 Å². The molecule has 5 heteroatoms. The highest BCUT2D eigenvalue weighted by molar-refractivity contribution is 6.30. The molecule has 0 spiro atoms. The zero-order valence-corrected chi connectivity index (χ0v) is 12.5. The molecule has 0 radical (unpaired) electrons. The molecule has 1 atom stereocenters. The third kappa shape index (κ3) is 4.17. The van der Waals surface area contributed by atoms with E-state index < -0.39 is 5.82 Å². The van der Waals surface area contributed by atoms with Crippen LogP contribution in [-0.2, 0) is 6.42 Å². The van der Waals surface area contributed by atoms with Crippen molar-refractivity contribution in [2.45, 2.75) is 18.9 Å². The minimum atomic E-state index is -0.432. The van der Waals surface area contributed by atoms with Gasteiger partial charge in [-0.05, 0) is 48.2 Å². The van der Waals surface area contributed by atoms with Gasteiger partial charge in [-0.25, -0.2) is 4.39 Å². The van der Waals surface area contributed by atoms with Gasteiger partial charge in [0.05, 0.1) is 12.1 Å². The van der Waals surface area contributed by atoms with Gasteiger partial charge in [0.2, 0.25) is 0 Å². The van der Waals surface area contributed by atoms with Gasteiger partial charge in [0, 0.05) is 6.04 Å². The molecule has 0 saturated heterocycles. The fourth-order valence-corrected chi connectivity index (χ4v) is 2.30. The molecule has 0 amide bonds. The Balaban J connectivity index is 2.02. The number of aryl methyl sites for hydroxylation is 1. The summed E-state index contributed by atoms with van der Waals surface area (Å²) in [6.45, 7) is 0. The summed E-state index contributed by atoms with van der Waals surface area (Å²) in [5, 5.41) is 0.115. The average molecular weight is 309 g/mol. The molecule has 0 aliphatic carbocycles. The minimum absolute atomic E-state index is 0.115. The number of hydrazine groups is 1. The maximum absolute atomic E-state index is 13.5. The number of methoxy groups -OCH3 is 1. The van der Waals surface area contributed by atoms with Crippen molar-refractivity contribution in [3.63, 3.8) is 0 Å². The minimum Gasteiger partial charge on any atom is -0.497 e. The maximum Gasteiger partial charge on any atom is 0.142 e. The lowest BCUT2D eigenvalue weighted by Crippen LogP contribution is -2.28. The average Bonchev–Trinajstić information content (AvgIpc) is 2.52. The van der Waals surface area contributed by atoms with Crippen molar-refractivity contribution in [1.29, 1.82) is 0 Å². The normalized spacial score (nSPS) is 12.2. The highest BCUT2D eigenvalue weighted by Crippen LogP contribution is 2.23. The SMILES string of the molecule is COc1ccc(CCC(NN)c2ccc(Cl)c(F)c2)cc1. The van der Waals surface area contributed by atoms with E-state index in [1.54, 1.807) is 19.2 Å². The molecular weight excluding hydrogens is 291 g/mol. The number of nitrogens with one attached hydrogen (secondary N) is 1. The quantitative estimate of drug-likeness (QED) is 0.633. The molecule has 0 aliphatic heterocycles. The van der Waals surface area contributed by atoms with Gasteiger partial charge >= 0.3 is 0 Å². The molecule has 3 N–H and O–H groups in total. The molecule has 2 aromatic rings. The van der Waals surface area contributed by atoms with Crippen LogP contribution < -0.4 is 16.0 Å². The standard InChI is InChI=1S/C16H18ClFN2O/c1-21-13-6-2-11(3-7-13)4-9-16(20-19)12-5-8-14(17)15(18)10-12/h2-3,5-8,10,16,20H,4,9,19H2,1H3. The first kappa shape index (κ1) is 15.8. The van der Waals surface area contributed by atoms with Crippen LogP contribution in [0.2, 0.25) is 5.02 Å². The van der Waals surface area contributed by atoms with Crippen molar-refractivity contribution in [1.82, 2.24) is 5.43 Å². The number of halogens is 2. The van der Waals surface area contributed by atoms with Crippen molar-refractivity contribution >= 4 is 11.6 Å². The van der Waals surface area contributed by atoms with Gasteiger partial charge in [-0.2, -0.15) is 0 Å². The highest BCUT2D eigenvalue weighted by Gasteiger charge is 2.12. The van der Waals surface area contributed by atoms with Crippen molar-refractivity contribution in [2.24, 2.45) is 5.84 Å². The number of nitrogens with two attached hydrogens (primary N) is 1. The summed E-state index contributed by atoms with van der Waals surface area (Å²) in [5.41, 5.74) is 4.68. The summed E-state index contributed by atoms with van der Waals surface area (Å²) in [4.78, 5) is 0. The second kappa shape index (κ2) is 7.41. The molecule has 0 aliphatic rings. The Morgan fingerprint density at radius 2 is 1.95 bits per heavy atom. The molecule has 0 bridgehead atoms. The summed E-state index contributed by atoms with van der Waals surface area (Å²) in [7, 11) is 1.64. The molecule has 1 unspecified atom stereocenters. The Hall–Kier alpha value is -1.62. The van der Waals surface area contributed by atoms with Gasteiger partial charge in [0.25, 0.3) is 0 Å². The molecule has 2 aromatic carbocycles. The van der Waals surface area contributed by atoms with E-state index in [0.717, 1.165) is 24.2 Å². The van der Waals surface area contributed by atoms with Crippen molar-refractivity contribution in [3.05, 3.63) is 64.4 Å². The summed E-state index contributed by atoms with van der Waals surface area (Å²) >= 11 is 5.69. The predicted octanol–water partition coefficient (Wildman–Crippen LogP) is 3.62. The van der Waals surface area contributed by atoms with Gasteiger partial charge in [0.15, 0.2) is 0 Å². The fraction of sp³-hybridized carbons (Fsp3) is 0.250. The lowest BCUT2D eigenvalue weighted by atomic mass is 9.99. The molecule has 112 valence electrons. The lowest BCUT2D eigenvalue weighted by Gasteiger charge is -2.16. The fourth-order valence-electron chi connectivity index (χ4n) is 2.18. The summed E-state index contributed by atoms with van der Waals surface area (Å²) in [6.07, 6.45) is 1.58. The van der Waals surface area contributed by atoms with Crippen LogP contribution in [0.15, 0.2) is 42.5 Å². The second-order valence-corrected chi connectivity index (χ2v) is 5.19. The topological polar surface area (TPSA) is 47.3 Å². The first-order valence-electron chi connectivity index (χ1n) is 6.68. The number of hydrogen-bond donors (Lipinski definition) is 2. The lowest BCUT2D eigenvalue weighted by molar-refractivity contribution is 0.414. The molecule has 0 aromatic heterocycles. The van der Waals surface area contributed by atoms with Crippen LogP contribution in [0.5, 0.6) is 5.75 Å². The smallest absolute Gasteiger partial charge is 0.142 e. The highest BCUT2D eigenvalue weighted by atomic mass is 35.5. The van der Waals surface area contributed by atoms with Crippen molar-refractivity contribution < 1.29 is 9.13 Å². The summed E-state index contributed by atoms with van der Waals surface area (Å²) < 4.78 is 18.6. The van der Waals surface area contributed by atoms with Crippen molar-refractivity contribution in [2.75, 3.05) is 7.11 Å². The van der Waals surface area contributed by atoms with Gasteiger partial charge in [-0.3, -0.25) is 11.3 Å². The Kier molecular flexibility index (Phi) is 5.56. The molecule has 2 rings (SSSR count). The third-order valence-corrected chi connectivity index (χ3v) is 3.73. The second-order valence-electron chi connectivity index (χ2n) is 4.78. The third-order valence-electron chi connectivity index (χ3n) is 3.43. The van der Waals surface area contributed by atoms with Crippen LogP contribution in [0.25, 0.3) is 0 Å².